The summed E-state index contributed by atoms with van der Waals surface area (Å²) in [6.45, 7) is 1.10. The third-order valence-corrected chi connectivity index (χ3v) is 9.68. The van der Waals surface area contributed by atoms with E-state index >= 15 is 0 Å². The minimum absolute atomic E-state index is 0.505. The predicted molar refractivity (Wildman–Crippen MR) is 136 cm³/mol. The van der Waals surface area contributed by atoms with Gasteiger partial charge in [-0.3, -0.25) is 0 Å². The molecule has 1 N–H and O–H groups in total. The van der Waals surface area contributed by atoms with Crippen molar-refractivity contribution < 1.29 is 0 Å². The second kappa shape index (κ2) is 8.31. The molecule has 0 aromatic carbocycles. The molecular formula is C31H38N2. The van der Waals surface area contributed by atoms with Crippen LogP contribution in [0.2, 0.25) is 0 Å². The number of hydrogen-bond donors (Lipinski definition) is 1. The van der Waals surface area contributed by atoms with Crippen LogP contribution in [0.25, 0.3) is 0 Å². The molecule has 1 saturated carbocycles. The fourth-order valence-electron chi connectivity index (χ4n) is 8.30. The van der Waals surface area contributed by atoms with Crippen LogP contribution in [0.1, 0.15) is 64.2 Å². The van der Waals surface area contributed by atoms with Gasteiger partial charge in [0.05, 0.1) is 6.04 Å². The normalized spacial score (nSPS) is 39.3. The van der Waals surface area contributed by atoms with E-state index in [0.717, 1.165) is 18.4 Å². The first-order valence-corrected chi connectivity index (χ1v) is 13.8. The van der Waals surface area contributed by atoms with E-state index in [4.69, 9.17) is 0 Å². The molecule has 5 aliphatic carbocycles. The van der Waals surface area contributed by atoms with Crippen molar-refractivity contribution in [3.8, 4) is 0 Å². The van der Waals surface area contributed by atoms with E-state index in [-0.39, 0.29) is 0 Å². The molecule has 7 aliphatic rings. The lowest BCUT2D eigenvalue weighted by molar-refractivity contribution is 0.179. The zero-order chi connectivity index (χ0) is 21.8. The average molecular weight is 439 g/mol. The van der Waals surface area contributed by atoms with Gasteiger partial charge in [0.15, 0.2) is 0 Å². The van der Waals surface area contributed by atoms with Crippen LogP contribution in [0.5, 0.6) is 0 Å². The molecule has 1 saturated heterocycles. The Hall–Kier alpha value is -2.06. The number of piperidine rings is 1. The lowest BCUT2D eigenvalue weighted by Gasteiger charge is -2.44. The summed E-state index contributed by atoms with van der Waals surface area (Å²) in [7, 11) is 0. The molecule has 0 bridgehead atoms. The largest absolute Gasteiger partial charge is 0.340 e. The van der Waals surface area contributed by atoms with E-state index in [1.165, 1.54) is 64.2 Å². The predicted octanol–water partition coefficient (Wildman–Crippen LogP) is 6.74. The van der Waals surface area contributed by atoms with Crippen molar-refractivity contribution in [1.29, 1.82) is 0 Å². The molecule has 7 rings (SSSR count). The highest BCUT2D eigenvalue weighted by Crippen LogP contribution is 2.50. The van der Waals surface area contributed by atoms with Gasteiger partial charge < -0.3 is 10.2 Å². The standard InChI is InChI=1S/C31H38N2/c1-2-13-24-21(9-1)10-8-16-25(24)22-11-7-12-23(19-22)33-29-18-6-4-15-27(29)31-26-14-3-5-17-28(26)32-20-30(31)33/h3,5-6,10-11,14,17-19,24-26,28,30-32H,1-2,4,7-9,12-13,15-16,20H2. The highest BCUT2D eigenvalue weighted by Gasteiger charge is 2.49. The second-order valence-electron chi connectivity index (χ2n) is 11.3. The number of fused-ring (bicyclic) bond motifs is 5. The van der Waals surface area contributed by atoms with E-state index in [2.05, 4.69) is 64.9 Å². The van der Waals surface area contributed by atoms with Crippen molar-refractivity contribution in [3.63, 3.8) is 0 Å². The maximum Gasteiger partial charge on any atom is 0.0536 e. The molecule has 33 heavy (non-hydrogen) atoms. The van der Waals surface area contributed by atoms with Crippen molar-refractivity contribution in [2.75, 3.05) is 6.54 Å². The van der Waals surface area contributed by atoms with Crippen molar-refractivity contribution in [3.05, 3.63) is 82.8 Å². The number of rotatable bonds is 2. The van der Waals surface area contributed by atoms with Gasteiger partial charge in [-0.15, -0.1) is 0 Å². The molecule has 0 aromatic rings. The minimum Gasteiger partial charge on any atom is -0.340 e. The Labute approximate surface area is 199 Å². The summed E-state index contributed by atoms with van der Waals surface area (Å²) in [5.74, 6) is 2.84. The van der Waals surface area contributed by atoms with Gasteiger partial charge in [0.25, 0.3) is 0 Å². The molecule has 0 amide bonds. The first kappa shape index (κ1) is 20.3. The zero-order valence-corrected chi connectivity index (χ0v) is 19.9. The van der Waals surface area contributed by atoms with Crippen LogP contribution in [-0.4, -0.2) is 23.5 Å². The van der Waals surface area contributed by atoms with Gasteiger partial charge in [-0.2, -0.15) is 0 Å². The Kier molecular flexibility index (Phi) is 5.12. The van der Waals surface area contributed by atoms with Crippen molar-refractivity contribution in [1.82, 2.24) is 10.2 Å². The van der Waals surface area contributed by atoms with Crippen LogP contribution in [0.15, 0.2) is 82.8 Å². The Morgan fingerprint density at radius 2 is 1.85 bits per heavy atom. The molecule has 0 radical (unpaired) electrons. The number of nitrogens with zero attached hydrogens (tertiary/aromatic N) is 1. The number of hydrogen-bond acceptors (Lipinski definition) is 2. The lowest BCUT2D eigenvalue weighted by Crippen LogP contribution is -2.55. The molecule has 2 heterocycles. The number of nitrogens with one attached hydrogen (secondary N) is 1. The molecule has 2 nitrogen and oxygen atoms in total. The average Bonchev–Trinajstić information content (AvgIpc) is 3.23. The fourth-order valence-corrected chi connectivity index (χ4v) is 8.30. The van der Waals surface area contributed by atoms with E-state index in [9.17, 15) is 0 Å². The Balaban J connectivity index is 1.23. The van der Waals surface area contributed by atoms with Crippen LogP contribution >= 0.6 is 0 Å². The van der Waals surface area contributed by atoms with Crippen LogP contribution in [0, 0.1) is 23.7 Å². The van der Waals surface area contributed by atoms with Crippen molar-refractivity contribution in [2.24, 2.45) is 23.7 Å². The molecule has 172 valence electrons. The first-order chi connectivity index (χ1) is 16.4. The molecule has 6 unspecified atom stereocenters. The molecule has 2 fully saturated rings. The van der Waals surface area contributed by atoms with Gasteiger partial charge in [0.2, 0.25) is 0 Å². The van der Waals surface area contributed by atoms with Gasteiger partial charge in [-0.25, -0.2) is 0 Å². The topological polar surface area (TPSA) is 15.3 Å². The molecular weight excluding hydrogens is 400 g/mol. The van der Waals surface area contributed by atoms with Gasteiger partial charge in [0.1, 0.15) is 0 Å². The van der Waals surface area contributed by atoms with Crippen molar-refractivity contribution >= 4 is 0 Å². The molecule has 0 aromatic heterocycles. The first-order valence-electron chi connectivity index (χ1n) is 13.8. The smallest absolute Gasteiger partial charge is 0.0536 e. The highest BCUT2D eigenvalue weighted by atomic mass is 15.2. The maximum absolute atomic E-state index is 3.90. The summed E-state index contributed by atoms with van der Waals surface area (Å²) < 4.78 is 0. The zero-order valence-electron chi connectivity index (χ0n) is 19.9. The van der Waals surface area contributed by atoms with Crippen LogP contribution in [0.3, 0.4) is 0 Å². The van der Waals surface area contributed by atoms with Crippen LogP contribution in [-0.2, 0) is 0 Å². The molecule has 2 heteroatoms. The summed E-state index contributed by atoms with van der Waals surface area (Å²) in [5, 5.41) is 3.90. The van der Waals surface area contributed by atoms with E-state index in [1.807, 2.05) is 0 Å². The van der Waals surface area contributed by atoms with E-state index < -0.39 is 0 Å². The number of allylic oxidation sites excluding steroid dienone is 10. The summed E-state index contributed by atoms with van der Waals surface area (Å²) in [4.78, 5) is 2.80. The maximum atomic E-state index is 3.90. The SMILES string of the molecule is C1=CC2NCC3C(C4=C(C=CCC4)N3C3=CC(C4CCC=C5CCCCC54)=CCC3)C2C=C1. The van der Waals surface area contributed by atoms with Crippen molar-refractivity contribution in [2.45, 2.75) is 76.3 Å². The fraction of sp³-hybridized carbons (Fsp3) is 0.548. The van der Waals surface area contributed by atoms with E-state index in [0.29, 0.717) is 23.9 Å². The second-order valence-corrected chi connectivity index (χ2v) is 11.3. The summed E-state index contributed by atoms with van der Waals surface area (Å²) >= 11 is 0. The lowest BCUT2D eigenvalue weighted by atomic mass is 9.68. The third kappa shape index (κ3) is 3.32. The van der Waals surface area contributed by atoms with Gasteiger partial charge in [-0.05, 0) is 92.9 Å². The highest BCUT2D eigenvalue weighted by molar-refractivity contribution is 5.45. The third-order valence-electron chi connectivity index (χ3n) is 9.68. The van der Waals surface area contributed by atoms with Gasteiger partial charge >= 0.3 is 0 Å². The quantitative estimate of drug-likeness (QED) is 0.481. The van der Waals surface area contributed by atoms with Gasteiger partial charge in [-0.1, -0.05) is 54.5 Å². The molecule has 2 aliphatic heterocycles. The molecule has 0 spiro atoms. The monoisotopic (exact) mass is 438 g/mol. The van der Waals surface area contributed by atoms with Crippen LogP contribution < -0.4 is 5.32 Å². The Bertz CT molecular complexity index is 1030. The Morgan fingerprint density at radius 1 is 0.879 bits per heavy atom. The summed E-state index contributed by atoms with van der Waals surface area (Å²) in [6.07, 6.45) is 35.3. The van der Waals surface area contributed by atoms with E-state index in [1.54, 1.807) is 28.1 Å². The minimum atomic E-state index is 0.505. The van der Waals surface area contributed by atoms with Gasteiger partial charge in [0, 0.05) is 35.8 Å². The van der Waals surface area contributed by atoms with Crippen LogP contribution in [0.4, 0.5) is 0 Å². The summed E-state index contributed by atoms with van der Waals surface area (Å²) in [6, 6.07) is 1.07. The summed E-state index contributed by atoms with van der Waals surface area (Å²) in [5.41, 5.74) is 8.35. The molecule has 6 atom stereocenters. The Morgan fingerprint density at radius 3 is 2.85 bits per heavy atom.